The fourth-order valence-corrected chi connectivity index (χ4v) is 4.05. The third-order valence-electron chi connectivity index (χ3n) is 5.61. The number of benzene rings is 3. The van der Waals surface area contributed by atoms with Gasteiger partial charge in [0.1, 0.15) is 23.8 Å². The molecule has 5 rings (SSSR count). The third-order valence-corrected chi connectivity index (χ3v) is 5.90. The van der Waals surface area contributed by atoms with Crippen molar-refractivity contribution >= 4 is 62.2 Å². The van der Waals surface area contributed by atoms with Gasteiger partial charge in [0.15, 0.2) is 5.82 Å². The number of hydrogen-bond donors (Lipinski definition) is 3. The molecule has 0 aliphatic heterocycles. The lowest BCUT2D eigenvalue weighted by atomic mass is 10.0. The fourth-order valence-electron chi connectivity index (χ4n) is 3.88. The van der Waals surface area contributed by atoms with E-state index in [1.165, 1.54) is 18.5 Å². The number of nitrogen functional groups attached to an aromatic ring is 1. The molecule has 5 aromatic rings. The summed E-state index contributed by atoms with van der Waals surface area (Å²) in [7, 11) is 0. The summed E-state index contributed by atoms with van der Waals surface area (Å²) < 4.78 is 28.8. The van der Waals surface area contributed by atoms with Gasteiger partial charge >= 0.3 is 0 Å². The molecule has 0 atom stereocenters. The van der Waals surface area contributed by atoms with Crippen LogP contribution in [0.2, 0.25) is 5.02 Å². The van der Waals surface area contributed by atoms with E-state index in [2.05, 4.69) is 25.6 Å². The van der Waals surface area contributed by atoms with E-state index in [0.717, 1.165) is 11.6 Å². The maximum atomic E-state index is 14.4. The Morgan fingerprint density at radius 2 is 1.83 bits per heavy atom. The molecular formula is C25H17ClF2N6O. The summed E-state index contributed by atoms with van der Waals surface area (Å²) in [5, 5.41) is 7.14. The van der Waals surface area contributed by atoms with E-state index in [1.807, 2.05) is 19.1 Å². The van der Waals surface area contributed by atoms with Crippen LogP contribution in [0.3, 0.4) is 0 Å². The molecule has 4 N–H and O–H groups in total. The molecular weight excluding hydrogens is 474 g/mol. The molecule has 10 heteroatoms. The van der Waals surface area contributed by atoms with E-state index >= 15 is 0 Å². The van der Waals surface area contributed by atoms with Crippen LogP contribution in [0, 0.1) is 18.6 Å². The van der Waals surface area contributed by atoms with Crippen molar-refractivity contribution in [3.05, 3.63) is 88.8 Å². The number of rotatable bonds is 4. The highest BCUT2D eigenvalue weighted by Crippen LogP contribution is 2.34. The number of carbonyl (C=O) groups excluding carboxylic acids is 1. The number of pyridine rings is 1. The minimum Gasteiger partial charge on any atom is -0.383 e. The molecule has 0 aliphatic rings. The number of fused-ring (bicyclic) bond motifs is 2. The number of halogens is 3. The number of nitrogens with one attached hydrogen (secondary N) is 2. The lowest BCUT2D eigenvalue weighted by Crippen LogP contribution is -2.15. The largest absolute Gasteiger partial charge is 0.383 e. The number of hydrogen-bond acceptors (Lipinski definition) is 6. The van der Waals surface area contributed by atoms with Crippen LogP contribution in [-0.2, 0) is 0 Å². The van der Waals surface area contributed by atoms with Crippen molar-refractivity contribution in [3.8, 4) is 0 Å². The summed E-state index contributed by atoms with van der Waals surface area (Å²) >= 11 is 5.90. The van der Waals surface area contributed by atoms with Gasteiger partial charge in [0.2, 0.25) is 0 Å². The van der Waals surface area contributed by atoms with Crippen molar-refractivity contribution in [2.75, 3.05) is 16.4 Å². The first-order chi connectivity index (χ1) is 16.8. The monoisotopic (exact) mass is 490 g/mol. The van der Waals surface area contributed by atoms with Crippen molar-refractivity contribution in [3.63, 3.8) is 0 Å². The third kappa shape index (κ3) is 3.95. The smallest absolute Gasteiger partial charge is 0.257 e. The maximum absolute atomic E-state index is 14.4. The molecule has 0 saturated heterocycles. The van der Waals surface area contributed by atoms with E-state index in [9.17, 15) is 13.6 Å². The van der Waals surface area contributed by atoms with Crippen molar-refractivity contribution < 1.29 is 13.6 Å². The van der Waals surface area contributed by atoms with E-state index in [1.54, 1.807) is 24.4 Å². The molecule has 2 heterocycles. The summed E-state index contributed by atoms with van der Waals surface area (Å²) in [6.07, 6.45) is 2.72. The lowest BCUT2D eigenvalue weighted by Gasteiger charge is -2.16. The van der Waals surface area contributed by atoms with Crippen LogP contribution in [0.25, 0.3) is 21.7 Å². The van der Waals surface area contributed by atoms with Gasteiger partial charge in [0.25, 0.3) is 5.91 Å². The predicted molar refractivity (Wildman–Crippen MR) is 133 cm³/mol. The second-order valence-electron chi connectivity index (χ2n) is 7.77. The minimum atomic E-state index is -0.619. The normalized spacial score (nSPS) is 11.1. The first-order valence-electron chi connectivity index (χ1n) is 10.4. The topological polar surface area (TPSA) is 106 Å². The van der Waals surface area contributed by atoms with Gasteiger partial charge in [-0.1, -0.05) is 29.8 Å². The summed E-state index contributed by atoms with van der Waals surface area (Å²) in [5.74, 6) is -1.40. The zero-order valence-corrected chi connectivity index (χ0v) is 19.0. The fraction of sp³-hybridized carbons (Fsp3) is 0.0400. The number of amides is 1. The lowest BCUT2D eigenvalue weighted by molar-refractivity contribution is 0.102. The second kappa shape index (κ2) is 8.77. The Hall–Kier alpha value is -4.37. The first kappa shape index (κ1) is 22.4. The first-order valence-corrected chi connectivity index (χ1v) is 10.8. The minimum absolute atomic E-state index is 0.0185. The van der Waals surface area contributed by atoms with Crippen LogP contribution in [0.15, 0.2) is 61.1 Å². The van der Waals surface area contributed by atoms with Crippen molar-refractivity contribution in [1.82, 2.24) is 15.0 Å². The van der Waals surface area contributed by atoms with Crippen LogP contribution in [0.1, 0.15) is 15.9 Å². The summed E-state index contributed by atoms with van der Waals surface area (Å²) in [6, 6.07) is 12.5. The Balaban J connectivity index is 1.57. The van der Waals surface area contributed by atoms with Crippen LogP contribution < -0.4 is 16.4 Å². The molecule has 0 bridgehead atoms. The van der Waals surface area contributed by atoms with E-state index in [-0.39, 0.29) is 33.0 Å². The number of aryl methyl sites for hydroxylation is 1. The van der Waals surface area contributed by atoms with Crippen molar-refractivity contribution in [1.29, 1.82) is 0 Å². The van der Waals surface area contributed by atoms with Gasteiger partial charge in [-0.25, -0.2) is 23.7 Å². The van der Waals surface area contributed by atoms with E-state index in [0.29, 0.717) is 22.3 Å². The van der Waals surface area contributed by atoms with Crippen LogP contribution in [-0.4, -0.2) is 20.9 Å². The number of anilines is 4. The second-order valence-corrected chi connectivity index (χ2v) is 8.18. The van der Waals surface area contributed by atoms with E-state index < -0.39 is 17.5 Å². The summed E-state index contributed by atoms with van der Waals surface area (Å²) in [4.78, 5) is 25.5. The standard InChI is InChI=1S/C25H17ClF2N6O/c1-12-5-6-14-13(9-10-30-24(14)33-18-4-2-3-16(26)20(18)28)21(12)34-25(35)15-7-8-17(27)19-22(15)31-11-32-23(19)29/h2-11H,1H3,(H,30,33)(H,34,35)(H2,29,31,32). The predicted octanol–water partition coefficient (Wildman–Crippen LogP) is 6.00. The van der Waals surface area contributed by atoms with Gasteiger partial charge in [-0.15, -0.1) is 0 Å². The molecule has 174 valence electrons. The number of aromatic nitrogens is 3. The van der Waals surface area contributed by atoms with Crippen LogP contribution in [0.5, 0.6) is 0 Å². The number of carbonyl (C=O) groups is 1. The number of nitrogens with zero attached hydrogens (tertiary/aromatic N) is 3. The Bertz CT molecular complexity index is 1630. The zero-order chi connectivity index (χ0) is 24.7. The highest BCUT2D eigenvalue weighted by molar-refractivity contribution is 6.31. The van der Waals surface area contributed by atoms with Gasteiger partial charge in [0, 0.05) is 17.0 Å². The molecule has 0 aliphatic carbocycles. The van der Waals surface area contributed by atoms with Crippen LogP contribution in [0.4, 0.5) is 31.8 Å². The van der Waals surface area contributed by atoms with Gasteiger partial charge in [-0.05, 0) is 42.8 Å². The van der Waals surface area contributed by atoms with Gasteiger partial charge < -0.3 is 16.4 Å². The molecule has 0 spiro atoms. The molecule has 2 aromatic heterocycles. The Kier molecular flexibility index (Phi) is 5.62. The Morgan fingerprint density at radius 3 is 2.66 bits per heavy atom. The van der Waals surface area contributed by atoms with Gasteiger partial charge in [0.05, 0.1) is 32.9 Å². The molecule has 1 amide bonds. The number of nitrogens with two attached hydrogens (primary N) is 1. The summed E-state index contributed by atoms with van der Waals surface area (Å²) in [5.41, 5.74) is 7.51. The molecule has 7 nitrogen and oxygen atoms in total. The van der Waals surface area contributed by atoms with Crippen molar-refractivity contribution in [2.24, 2.45) is 0 Å². The Morgan fingerprint density at radius 1 is 1.00 bits per heavy atom. The molecule has 35 heavy (non-hydrogen) atoms. The average molecular weight is 491 g/mol. The van der Waals surface area contributed by atoms with Crippen LogP contribution >= 0.6 is 11.6 Å². The highest BCUT2D eigenvalue weighted by Gasteiger charge is 2.19. The van der Waals surface area contributed by atoms with Gasteiger partial charge in [-0.3, -0.25) is 4.79 Å². The Labute approximate surface area is 203 Å². The SMILES string of the molecule is Cc1ccc2c(Nc3cccc(Cl)c3F)nccc2c1NC(=O)c1ccc(F)c2c(N)ncnc12. The quantitative estimate of drug-likeness (QED) is 0.285. The molecule has 0 unspecified atom stereocenters. The van der Waals surface area contributed by atoms with Gasteiger partial charge in [-0.2, -0.15) is 0 Å². The van der Waals surface area contributed by atoms with E-state index in [4.69, 9.17) is 17.3 Å². The highest BCUT2D eigenvalue weighted by atomic mass is 35.5. The van der Waals surface area contributed by atoms with Crippen molar-refractivity contribution in [2.45, 2.75) is 6.92 Å². The molecule has 0 fully saturated rings. The maximum Gasteiger partial charge on any atom is 0.257 e. The average Bonchev–Trinajstić information content (AvgIpc) is 2.84. The zero-order valence-electron chi connectivity index (χ0n) is 18.2. The summed E-state index contributed by atoms with van der Waals surface area (Å²) in [6.45, 7) is 1.84. The molecule has 0 radical (unpaired) electrons. The molecule has 3 aromatic carbocycles. The molecule has 0 saturated carbocycles.